The highest BCUT2D eigenvalue weighted by molar-refractivity contribution is 7.86. The number of aromatic hydroxyl groups is 2. The Morgan fingerprint density at radius 2 is 1.41 bits per heavy atom. The lowest BCUT2D eigenvalue weighted by Gasteiger charge is -2.24. The van der Waals surface area contributed by atoms with E-state index in [9.17, 15) is 33.0 Å². The van der Waals surface area contributed by atoms with E-state index in [1.165, 1.54) is 40.4 Å². The third-order valence-corrected chi connectivity index (χ3v) is 9.45. The number of Topliss-reactive ketones (excluding diaryl/α,β-unsaturated/α-hetero) is 1. The number of ether oxygens (including phenoxy) is 3. The number of phenolic OH excluding ortho intramolecular Hbond substituents is 2. The number of methoxy groups -OCH3 is 3. The molecule has 5 aromatic carbocycles. The number of rotatable bonds is 10. The number of carbonyl (C=O) groups excluding carboxylic acids is 1. The third-order valence-electron chi connectivity index (χ3n) is 8.43. The summed E-state index contributed by atoms with van der Waals surface area (Å²) in [4.78, 5) is 41.8. The van der Waals surface area contributed by atoms with Crippen molar-refractivity contribution < 1.29 is 46.9 Å². The van der Waals surface area contributed by atoms with Gasteiger partial charge < -0.3 is 34.8 Å². The molecule has 0 heterocycles. The van der Waals surface area contributed by atoms with Gasteiger partial charge in [-0.3, -0.25) is 18.6 Å². The quantitative estimate of drug-likeness (QED) is 0.0978. The van der Waals surface area contributed by atoms with Crippen LogP contribution in [0.4, 0.5) is 5.69 Å². The van der Waals surface area contributed by atoms with E-state index in [0.29, 0.717) is 5.57 Å². The van der Waals surface area contributed by atoms with Crippen LogP contribution in [0, 0.1) is 0 Å². The van der Waals surface area contributed by atoms with E-state index in [1.54, 1.807) is 13.0 Å². The standard InChI is InChI=1S/C32H29NO12S/c1-12-8-14-20-25-21(30(38)29(14)33-11-46(40,41)45-7-6-34)15(36)9-17(42-3)23(25)24-18(43-4)10-16(37)22-27(24)26(20)28(19(12)13(2)35)32(44-5)31(22)39/h8-10,19,33-34,36-37H,6-7,11H2,1-5H3. The van der Waals surface area contributed by atoms with E-state index in [-0.39, 0.29) is 82.9 Å². The van der Waals surface area contributed by atoms with Crippen molar-refractivity contribution in [3.63, 3.8) is 0 Å². The van der Waals surface area contributed by atoms with Crippen LogP contribution in [0.1, 0.15) is 30.9 Å². The molecule has 4 N–H and O–H groups in total. The van der Waals surface area contributed by atoms with E-state index in [1.807, 2.05) is 0 Å². The molecular weight excluding hydrogens is 622 g/mol. The van der Waals surface area contributed by atoms with E-state index in [2.05, 4.69) is 5.32 Å². The average molecular weight is 652 g/mol. The molecule has 0 aliphatic heterocycles. The Kier molecular flexibility index (Phi) is 7.34. The summed E-state index contributed by atoms with van der Waals surface area (Å²) >= 11 is 0. The summed E-state index contributed by atoms with van der Waals surface area (Å²) in [5, 5.41) is 35.3. The zero-order valence-electron chi connectivity index (χ0n) is 25.4. The summed E-state index contributed by atoms with van der Waals surface area (Å²) in [5.74, 6) is -3.21. The van der Waals surface area contributed by atoms with Crippen molar-refractivity contribution in [2.45, 2.75) is 19.8 Å². The highest BCUT2D eigenvalue weighted by atomic mass is 32.2. The number of fused-ring (bicyclic) bond motifs is 1. The summed E-state index contributed by atoms with van der Waals surface area (Å²) in [6, 6.07) is 2.47. The number of allylic oxidation sites excluding steroid dienone is 1. The van der Waals surface area contributed by atoms with Gasteiger partial charge in [-0.25, -0.2) is 0 Å². The maximum absolute atomic E-state index is 14.3. The van der Waals surface area contributed by atoms with Crippen molar-refractivity contribution in [1.82, 2.24) is 0 Å². The monoisotopic (exact) mass is 651 g/mol. The van der Waals surface area contributed by atoms with Crippen LogP contribution in [0.5, 0.6) is 28.7 Å². The maximum atomic E-state index is 14.3. The molecule has 0 saturated heterocycles. The van der Waals surface area contributed by atoms with Crippen molar-refractivity contribution in [2.75, 3.05) is 45.7 Å². The summed E-state index contributed by atoms with van der Waals surface area (Å²) in [5.41, 5.74) is -0.982. The molecule has 6 rings (SSSR count). The molecule has 0 fully saturated rings. The number of ketones is 1. The van der Waals surface area contributed by atoms with Crippen molar-refractivity contribution >= 4 is 70.8 Å². The second-order valence-corrected chi connectivity index (χ2v) is 12.6. The summed E-state index contributed by atoms with van der Waals surface area (Å²) in [6.07, 6.45) is 1.55. The Morgan fingerprint density at radius 1 is 0.848 bits per heavy atom. The highest BCUT2D eigenvalue weighted by Crippen LogP contribution is 2.55. The minimum atomic E-state index is -4.30. The maximum Gasteiger partial charge on any atom is 0.285 e. The van der Waals surface area contributed by atoms with Gasteiger partial charge in [-0.05, 0) is 19.2 Å². The van der Waals surface area contributed by atoms with Crippen LogP contribution in [0.25, 0.3) is 49.2 Å². The Morgan fingerprint density at radius 3 is 1.93 bits per heavy atom. The molecule has 0 amide bonds. The summed E-state index contributed by atoms with van der Waals surface area (Å²) < 4.78 is 47.0. The van der Waals surface area contributed by atoms with E-state index in [0.717, 1.165) is 0 Å². The van der Waals surface area contributed by atoms with Gasteiger partial charge in [0.25, 0.3) is 10.1 Å². The van der Waals surface area contributed by atoms with Crippen molar-refractivity contribution in [3.8, 4) is 28.7 Å². The van der Waals surface area contributed by atoms with Crippen molar-refractivity contribution in [1.29, 1.82) is 0 Å². The molecule has 46 heavy (non-hydrogen) atoms. The molecule has 1 aliphatic carbocycles. The number of hydrogen-bond donors (Lipinski definition) is 4. The van der Waals surface area contributed by atoms with E-state index in [4.69, 9.17) is 23.5 Å². The van der Waals surface area contributed by atoms with Crippen LogP contribution in [0.15, 0.2) is 27.3 Å². The molecule has 0 aromatic heterocycles. The number of anilines is 1. The SMILES string of the molecule is COc1c2c3c4c(c(NCS(=O)(=O)OCCO)c(=O)c5c(O)cc(OC)c(c6c(OC)cc(O)c(c1=O)c63)c54)C=C(C)C2C(C)=O. The number of phenols is 2. The van der Waals surface area contributed by atoms with Gasteiger partial charge in [0.2, 0.25) is 10.9 Å². The third kappa shape index (κ3) is 4.21. The Bertz CT molecular complexity index is 2380. The molecule has 240 valence electrons. The van der Waals surface area contributed by atoms with Gasteiger partial charge in [0.1, 0.15) is 34.7 Å². The van der Waals surface area contributed by atoms with Crippen molar-refractivity contribution in [3.05, 3.63) is 49.3 Å². The van der Waals surface area contributed by atoms with E-state index < -0.39 is 57.5 Å². The molecule has 0 saturated carbocycles. The lowest BCUT2D eigenvalue weighted by atomic mass is 9.80. The number of benzene rings is 5. The first-order valence-electron chi connectivity index (χ1n) is 14.0. The van der Waals surface area contributed by atoms with Gasteiger partial charge in [-0.2, -0.15) is 8.42 Å². The fraction of sp³-hybridized carbons (Fsp3) is 0.281. The van der Waals surface area contributed by atoms with Gasteiger partial charge in [0, 0.05) is 50.2 Å². The molecule has 0 radical (unpaired) electrons. The van der Waals surface area contributed by atoms with Gasteiger partial charge in [0.05, 0.1) is 56.9 Å². The fourth-order valence-corrected chi connectivity index (χ4v) is 7.54. The predicted molar refractivity (Wildman–Crippen MR) is 172 cm³/mol. The topological polar surface area (TPSA) is 195 Å². The first-order valence-corrected chi connectivity index (χ1v) is 15.6. The number of aliphatic hydroxyl groups is 1. The predicted octanol–water partition coefficient (Wildman–Crippen LogP) is 3.13. The number of carbonyl (C=O) groups is 1. The number of aliphatic hydroxyl groups excluding tert-OH is 1. The summed E-state index contributed by atoms with van der Waals surface area (Å²) in [6.45, 7) is 1.91. The van der Waals surface area contributed by atoms with Crippen molar-refractivity contribution in [2.24, 2.45) is 0 Å². The number of hydrogen-bond acceptors (Lipinski definition) is 13. The van der Waals surface area contributed by atoms with Crippen LogP contribution >= 0.6 is 0 Å². The average Bonchev–Trinajstić information content (AvgIpc) is 3.13. The second kappa shape index (κ2) is 10.9. The highest BCUT2D eigenvalue weighted by Gasteiger charge is 2.37. The van der Waals surface area contributed by atoms with Crippen LogP contribution in [-0.4, -0.2) is 69.9 Å². The molecule has 14 heteroatoms. The van der Waals surface area contributed by atoms with Crippen LogP contribution in [-0.2, 0) is 19.1 Å². The first kappa shape index (κ1) is 31.1. The largest absolute Gasteiger partial charge is 0.507 e. The van der Waals surface area contributed by atoms with Gasteiger partial charge in [-0.1, -0.05) is 11.6 Å². The first-order chi connectivity index (χ1) is 21.8. The molecular formula is C32H29NO12S. The molecule has 0 bridgehead atoms. The van der Waals surface area contributed by atoms with E-state index >= 15 is 0 Å². The minimum absolute atomic E-state index is 0.112. The molecule has 1 aliphatic rings. The van der Waals surface area contributed by atoms with Gasteiger partial charge >= 0.3 is 0 Å². The molecule has 1 atom stereocenters. The lowest BCUT2D eigenvalue weighted by Crippen LogP contribution is -2.23. The zero-order chi connectivity index (χ0) is 33.4. The van der Waals surface area contributed by atoms with Crippen LogP contribution < -0.4 is 30.4 Å². The van der Waals surface area contributed by atoms with Gasteiger partial charge in [-0.15, -0.1) is 0 Å². The minimum Gasteiger partial charge on any atom is -0.507 e. The molecule has 13 nitrogen and oxygen atoms in total. The second-order valence-electron chi connectivity index (χ2n) is 10.9. The van der Waals surface area contributed by atoms with Crippen LogP contribution in [0.2, 0.25) is 0 Å². The Hall–Kier alpha value is -4.92. The Labute approximate surface area is 261 Å². The molecule has 0 spiro atoms. The Balaban J connectivity index is 2.00. The molecule has 5 aromatic rings. The summed E-state index contributed by atoms with van der Waals surface area (Å²) in [7, 11) is -0.321. The van der Waals surface area contributed by atoms with Crippen LogP contribution in [0.3, 0.4) is 0 Å². The number of nitrogens with one attached hydrogen (secondary N) is 1. The lowest BCUT2D eigenvalue weighted by molar-refractivity contribution is -0.117. The van der Waals surface area contributed by atoms with Gasteiger partial charge in [0.15, 0.2) is 5.75 Å². The normalized spacial score (nSPS) is 14.7. The fourth-order valence-electron chi connectivity index (χ4n) is 6.80. The smallest absolute Gasteiger partial charge is 0.285 e. The molecule has 1 unspecified atom stereocenters. The zero-order valence-corrected chi connectivity index (χ0v) is 26.2.